The Morgan fingerprint density at radius 1 is 0.778 bits per heavy atom. The van der Waals surface area contributed by atoms with Gasteiger partial charge in [0.2, 0.25) is 0 Å². The highest BCUT2D eigenvalue weighted by Crippen LogP contribution is 2.32. The molecule has 0 N–H and O–H groups in total. The highest BCUT2D eigenvalue weighted by atomic mass is 16.2. The Hall–Kier alpha value is -2.66. The Bertz CT molecular complexity index is 832. The third kappa shape index (κ3) is 3.88. The maximum absolute atomic E-state index is 13.5. The number of nitrogens with zero attached hydrogens (tertiary/aromatic N) is 3. The lowest BCUT2D eigenvalue weighted by Gasteiger charge is -2.33. The predicted octanol–water partition coefficient (Wildman–Crippen LogP) is 3.66. The lowest BCUT2D eigenvalue weighted by molar-refractivity contribution is 0.0973. The van der Waals surface area contributed by atoms with Crippen LogP contribution in [-0.2, 0) is 0 Å². The van der Waals surface area contributed by atoms with Crippen molar-refractivity contribution in [2.45, 2.75) is 19.8 Å². The number of rotatable bonds is 6. The van der Waals surface area contributed by atoms with Crippen LogP contribution in [0.25, 0.3) is 0 Å². The Labute approximate surface area is 161 Å². The number of anilines is 2. The normalized spacial score (nSPS) is 14.1. The van der Waals surface area contributed by atoms with Gasteiger partial charge in [-0.05, 0) is 57.7 Å². The van der Waals surface area contributed by atoms with Crippen LogP contribution in [0, 0.1) is 0 Å². The van der Waals surface area contributed by atoms with E-state index in [0.717, 1.165) is 19.4 Å². The highest BCUT2D eigenvalue weighted by molar-refractivity contribution is 6.20. The summed E-state index contributed by atoms with van der Waals surface area (Å²) >= 11 is 0. The molecular weight excluding hydrogens is 338 g/mol. The molecule has 0 unspecified atom stereocenters. The van der Waals surface area contributed by atoms with E-state index in [0.29, 0.717) is 35.6 Å². The molecule has 2 amide bonds. The fourth-order valence-electron chi connectivity index (χ4n) is 3.50. The largest absolute Gasteiger partial charge is 0.309 e. The molecule has 1 aliphatic heterocycles. The molecule has 0 aromatic heterocycles. The van der Waals surface area contributed by atoms with Crippen LogP contribution in [0.1, 0.15) is 40.5 Å². The van der Waals surface area contributed by atoms with Crippen LogP contribution < -0.4 is 9.80 Å². The molecule has 142 valence electrons. The second-order valence-corrected chi connectivity index (χ2v) is 7.10. The standard InChI is InChI=1S/C22H27N3O2/c1-4-14-24-19-12-7-5-10-17(19)22(27)25(16-9-15-23(2)3)20-13-8-6-11-18(20)21(24)26/h5-8,10-13H,4,9,14-16H2,1-3H3. The molecule has 0 saturated carbocycles. The summed E-state index contributed by atoms with van der Waals surface area (Å²) in [7, 11) is 4.04. The molecule has 0 radical (unpaired) electrons. The monoisotopic (exact) mass is 365 g/mol. The summed E-state index contributed by atoms with van der Waals surface area (Å²) in [6.07, 6.45) is 1.66. The van der Waals surface area contributed by atoms with Gasteiger partial charge in [-0.15, -0.1) is 0 Å². The van der Waals surface area contributed by atoms with E-state index in [1.165, 1.54) is 0 Å². The fraction of sp³-hybridized carbons (Fsp3) is 0.364. The zero-order chi connectivity index (χ0) is 19.4. The number of carbonyl (C=O) groups is 2. The van der Waals surface area contributed by atoms with Gasteiger partial charge >= 0.3 is 0 Å². The van der Waals surface area contributed by atoms with E-state index in [1.807, 2.05) is 69.6 Å². The van der Waals surface area contributed by atoms with E-state index in [2.05, 4.69) is 4.90 Å². The van der Waals surface area contributed by atoms with Gasteiger partial charge in [-0.25, -0.2) is 0 Å². The molecule has 2 aromatic rings. The molecule has 0 fully saturated rings. The lowest BCUT2D eigenvalue weighted by atomic mass is 10.0. The summed E-state index contributed by atoms with van der Waals surface area (Å²) < 4.78 is 0. The van der Waals surface area contributed by atoms with E-state index in [4.69, 9.17) is 0 Å². The van der Waals surface area contributed by atoms with Crippen molar-refractivity contribution in [2.24, 2.45) is 0 Å². The lowest BCUT2D eigenvalue weighted by Crippen LogP contribution is -2.41. The fourth-order valence-corrected chi connectivity index (χ4v) is 3.50. The first-order chi connectivity index (χ1) is 13.0. The van der Waals surface area contributed by atoms with Gasteiger partial charge in [0.1, 0.15) is 0 Å². The van der Waals surface area contributed by atoms with Gasteiger partial charge in [0.05, 0.1) is 22.5 Å². The van der Waals surface area contributed by atoms with Crippen LogP contribution in [0.2, 0.25) is 0 Å². The third-order valence-corrected chi connectivity index (χ3v) is 4.78. The van der Waals surface area contributed by atoms with Crippen molar-refractivity contribution in [2.75, 3.05) is 43.5 Å². The molecule has 0 aliphatic carbocycles. The van der Waals surface area contributed by atoms with Crippen LogP contribution in [0.15, 0.2) is 48.5 Å². The summed E-state index contributed by atoms with van der Waals surface area (Å²) in [5.41, 5.74) is 2.56. The van der Waals surface area contributed by atoms with Crippen molar-refractivity contribution < 1.29 is 9.59 Å². The number of hydrogen-bond donors (Lipinski definition) is 0. The van der Waals surface area contributed by atoms with Crippen LogP contribution >= 0.6 is 0 Å². The molecule has 0 bridgehead atoms. The topological polar surface area (TPSA) is 43.9 Å². The Morgan fingerprint density at radius 2 is 1.26 bits per heavy atom. The minimum Gasteiger partial charge on any atom is -0.309 e. The van der Waals surface area contributed by atoms with E-state index in [1.54, 1.807) is 9.80 Å². The maximum atomic E-state index is 13.5. The van der Waals surface area contributed by atoms with E-state index in [9.17, 15) is 9.59 Å². The van der Waals surface area contributed by atoms with Gasteiger partial charge < -0.3 is 14.7 Å². The maximum Gasteiger partial charge on any atom is 0.260 e. The molecule has 3 rings (SSSR count). The van der Waals surface area contributed by atoms with Crippen LogP contribution in [-0.4, -0.2) is 50.4 Å². The molecule has 0 atom stereocenters. The zero-order valence-electron chi connectivity index (χ0n) is 16.3. The number of fused-ring (bicyclic) bond motifs is 2. The molecule has 5 nitrogen and oxygen atoms in total. The van der Waals surface area contributed by atoms with Crippen molar-refractivity contribution in [3.63, 3.8) is 0 Å². The Morgan fingerprint density at radius 3 is 1.74 bits per heavy atom. The summed E-state index contributed by atoms with van der Waals surface area (Å²) in [6.45, 7) is 4.07. The summed E-state index contributed by atoms with van der Waals surface area (Å²) in [6, 6.07) is 14.9. The van der Waals surface area contributed by atoms with Gasteiger partial charge in [-0.1, -0.05) is 31.2 Å². The number of amides is 2. The first kappa shape index (κ1) is 19.1. The number of carbonyl (C=O) groups excluding carboxylic acids is 2. The second-order valence-electron chi connectivity index (χ2n) is 7.10. The van der Waals surface area contributed by atoms with Crippen molar-refractivity contribution >= 4 is 23.2 Å². The van der Waals surface area contributed by atoms with Crippen molar-refractivity contribution in [3.8, 4) is 0 Å². The van der Waals surface area contributed by atoms with Crippen LogP contribution in [0.5, 0.6) is 0 Å². The van der Waals surface area contributed by atoms with Crippen molar-refractivity contribution in [3.05, 3.63) is 59.7 Å². The summed E-state index contributed by atoms with van der Waals surface area (Å²) in [4.78, 5) is 32.4. The zero-order valence-corrected chi connectivity index (χ0v) is 16.3. The molecule has 1 heterocycles. The van der Waals surface area contributed by atoms with Gasteiger partial charge in [0, 0.05) is 13.1 Å². The first-order valence-electron chi connectivity index (χ1n) is 9.51. The average Bonchev–Trinajstić information content (AvgIpc) is 2.68. The van der Waals surface area contributed by atoms with Gasteiger partial charge in [-0.2, -0.15) is 0 Å². The Kier molecular flexibility index (Phi) is 5.91. The van der Waals surface area contributed by atoms with Gasteiger partial charge in [0.25, 0.3) is 11.8 Å². The SMILES string of the molecule is CCCN1C(=O)c2ccccc2N(CCCN(C)C)C(=O)c2ccccc21. The van der Waals surface area contributed by atoms with E-state index < -0.39 is 0 Å². The first-order valence-corrected chi connectivity index (χ1v) is 9.51. The molecule has 5 heteroatoms. The molecule has 1 aliphatic rings. The predicted molar refractivity (Wildman–Crippen MR) is 110 cm³/mol. The van der Waals surface area contributed by atoms with Crippen LogP contribution in [0.4, 0.5) is 11.4 Å². The number of benzene rings is 2. The molecule has 0 saturated heterocycles. The molecule has 0 spiro atoms. The minimum atomic E-state index is -0.0509. The van der Waals surface area contributed by atoms with E-state index in [-0.39, 0.29) is 11.8 Å². The summed E-state index contributed by atoms with van der Waals surface area (Å²) in [5.74, 6) is -0.101. The quantitative estimate of drug-likeness (QED) is 0.785. The number of para-hydroxylation sites is 2. The van der Waals surface area contributed by atoms with Crippen molar-refractivity contribution in [1.82, 2.24) is 4.90 Å². The van der Waals surface area contributed by atoms with Crippen molar-refractivity contribution in [1.29, 1.82) is 0 Å². The van der Waals surface area contributed by atoms with E-state index >= 15 is 0 Å². The molecule has 2 aromatic carbocycles. The molecular formula is C22H27N3O2. The minimum absolute atomic E-state index is 0.0505. The third-order valence-electron chi connectivity index (χ3n) is 4.78. The Balaban J connectivity index is 2.11. The van der Waals surface area contributed by atoms with Gasteiger partial charge in [-0.3, -0.25) is 9.59 Å². The highest BCUT2D eigenvalue weighted by Gasteiger charge is 2.31. The van der Waals surface area contributed by atoms with Crippen LogP contribution in [0.3, 0.4) is 0 Å². The smallest absolute Gasteiger partial charge is 0.260 e. The molecule has 27 heavy (non-hydrogen) atoms. The average molecular weight is 365 g/mol. The second kappa shape index (κ2) is 8.35. The number of hydrogen-bond acceptors (Lipinski definition) is 3. The van der Waals surface area contributed by atoms with Gasteiger partial charge in [0.15, 0.2) is 0 Å². The summed E-state index contributed by atoms with van der Waals surface area (Å²) in [5, 5.41) is 0.